The van der Waals surface area contributed by atoms with E-state index < -0.39 is 48.7 Å². The van der Waals surface area contributed by atoms with Crippen LogP contribution in [-0.4, -0.2) is 33.5 Å². The molecule has 106 valence electrons. The molecule has 0 unspecified atom stereocenters. The summed E-state index contributed by atoms with van der Waals surface area (Å²) < 4.78 is 44.3. The number of aromatic amines is 1. The molecule has 0 bridgehead atoms. The van der Waals surface area contributed by atoms with E-state index in [2.05, 4.69) is 0 Å². The average molecular weight is 280 g/mol. The number of ether oxygens (including phenoxy) is 1. The fraction of sp³-hybridized carbons (Fsp3) is 0.600. The van der Waals surface area contributed by atoms with Crippen LogP contribution < -0.4 is 11.2 Å². The summed E-state index contributed by atoms with van der Waals surface area (Å²) in [4.78, 5) is 24.2. The van der Waals surface area contributed by atoms with Crippen LogP contribution in [-0.2, 0) is 4.74 Å². The molecule has 0 amide bonds. The number of alkyl halides is 3. The zero-order chi connectivity index (χ0) is 14.2. The molecule has 1 saturated heterocycles. The van der Waals surface area contributed by atoms with Crippen molar-refractivity contribution in [3.63, 3.8) is 0 Å². The standard InChI is InChI=1S/C10H11F3N2O4/c11-10(12,13)6-3-5(4-16)19-8(6)15-2-1-7(17)14-9(15)18/h1-2,5-6,8,16H,3-4H2,(H,14,17,18)/t5-,6+,8+/m0/s1. The minimum atomic E-state index is -4.57. The van der Waals surface area contributed by atoms with E-state index in [1.54, 1.807) is 0 Å². The fourth-order valence-corrected chi connectivity index (χ4v) is 2.05. The Balaban J connectivity index is 2.40. The number of aliphatic hydroxyl groups is 1. The molecule has 3 atom stereocenters. The van der Waals surface area contributed by atoms with Crippen LogP contribution in [0, 0.1) is 5.92 Å². The monoisotopic (exact) mass is 280 g/mol. The highest BCUT2D eigenvalue weighted by Crippen LogP contribution is 2.43. The molecule has 6 nitrogen and oxygen atoms in total. The lowest BCUT2D eigenvalue weighted by molar-refractivity contribution is -0.198. The van der Waals surface area contributed by atoms with Crippen molar-refractivity contribution in [2.45, 2.75) is 24.9 Å². The number of hydrogen-bond donors (Lipinski definition) is 2. The number of nitrogens with one attached hydrogen (secondary N) is 1. The summed E-state index contributed by atoms with van der Waals surface area (Å²) in [6, 6.07) is 0.935. The Labute approximate surface area is 104 Å². The molecule has 2 heterocycles. The normalized spacial score (nSPS) is 27.7. The van der Waals surface area contributed by atoms with Crippen molar-refractivity contribution in [1.29, 1.82) is 0 Å². The van der Waals surface area contributed by atoms with Gasteiger partial charge < -0.3 is 9.84 Å². The Morgan fingerprint density at radius 3 is 2.68 bits per heavy atom. The fourth-order valence-electron chi connectivity index (χ4n) is 2.05. The number of rotatable bonds is 2. The summed E-state index contributed by atoms with van der Waals surface area (Å²) in [6.07, 6.45) is -6.62. The highest BCUT2D eigenvalue weighted by molar-refractivity contribution is 4.90. The molecule has 2 rings (SSSR count). The first-order valence-corrected chi connectivity index (χ1v) is 5.47. The van der Waals surface area contributed by atoms with Crippen LogP contribution in [0.15, 0.2) is 21.9 Å². The van der Waals surface area contributed by atoms with Crippen molar-refractivity contribution >= 4 is 0 Å². The molecule has 2 N–H and O–H groups in total. The highest BCUT2D eigenvalue weighted by Gasteiger charge is 2.52. The van der Waals surface area contributed by atoms with Gasteiger partial charge in [0, 0.05) is 12.3 Å². The summed E-state index contributed by atoms with van der Waals surface area (Å²) in [6.45, 7) is -0.568. The molecular weight excluding hydrogens is 269 g/mol. The third-order valence-corrected chi connectivity index (χ3v) is 2.94. The van der Waals surface area contributed by atoms with Crippen LogP contribution in [0.25, 0.3) is 0 Å². The van der Waals surface area contributed by atoms with Crippen molar-refractivity contribution < 1.29 is 23.0 Å². The number of hydrogen-bond acceptors (Lipinski definition) is 4. The van der Waals surface area contributed by atoms with E-state index in [4.69, 9.17) is 9.84 Å². The van der Waals surface area contributed by atoms with Gasteiger partial charge in [0.05, 0.1) is 12.7 Å². The molecule has 1 aliphatic rings. The largest absolute Gasteiger partial charge is 0.396 e. The van der Waals surface area contributed by atoms with Gasteiger partial charge >= 0.3 is 11.9 Å². The molecule has 9 heteroatoms. The third kappa shape index (κ3) is 2.71. The maximum atomic E-state index is 12.9. The average Bonchev–Trinajstić information content (AvgIpc) is 2.72. The number of halogens is 3. The second-order valence-corrected chi connectivity index (χ2v) is 4.23. The molecule has 0 aromatic carbocycles. The lowest BCUT2D eigenvalue weighted by Crippen LogP contribution is -2.37. The predicted octanol–water partition coefficient (Wildman–Crippen LogP) is -0.00510. The summed E-state index contributed by atoms with van der Waals surface area (Å²) in [5, 5.41) is 8.89. The summed E-state index contributed by atoms with van der Waals surface area (Å²) in [5.41, 5.74) is -1.69. The molecule has 19 heavy (non-hydrogen) atoms. The van der Waals surface area contributed by atoms with Gasteiger partial charge in [-0.05, 0) is 6.42 Å². The minimum absolute atomic E-state index is 0.434. The number of H-pyrrole nitrogens is 1. The second kappa shape index (κ2) is 4.82. The van der Waals surface area contributed by atoms with Gasteiger partial charge in [-0.1, -0.05) is 0 Å². The SMILES string of the molecule is O=c1ccn([C@@H]2O[C@H](CO)C[C@H]2C(F)(F)F)c(=O)[nH]1. The highest BCUT2D eigenvalue weighted by atomic mass is 19.4. The first kappa shape index (κ1) is 13.8. The van der Waals surface area contributed by atoms with Crippen LogP contribution in [0.4, 0.5) is 13.2 Å². The summed E-state index contributed by atoms with van der Waals surface area (Å²) in [7, 11) is 0. The number of nitrogens with zero attached hydrogens (tertiary/aromatic N) is 1. The van der Waals surface area contributed by atoms with E-state index in [-0.39, 0.29) is 0 Å². The molecule has 0 spiro atoms. The molecule has 0 saturated carbocycles. The zero-order valence-corrected chi connectivity index (χ0v) is 9.55. The maximum Gasteiger partial charge on any atom is 0.396 e. The van der Waals surface area contributed by atoms with Crippen LogP contribution >= 0.6 is 0 Å². The molecule has 0 aliphatic carbocycles. The molecule has 1 aromatic heterocycles. The Kier molecular flexibility index (Phi) is 3.50. The van der Waals surface area contributed by atoms with E-state index >= 15 is 0 Å². The minimum Gasteiger partial charge on any atom is -0.394 e. The van der Waals surface area contributed by atoms with Gasteiger partial charge in [0.25, 0.3) is 5.56 Å². The Bertz CT molecular complexity index is 565. The first-order chi connectivity index (χ1) is 8.82. The van der Waals surface area contributed by atoms with Crippen LogP contribution in [0.5, 0.6) is 0 Å². The van der Waals surface area contributed by atoms with E-state index in [0.29, 0.717) is 4.57 Å². The Morgan fingerprint density at radius 1 is 1.47 bits per heavy atom. The second-order valence-electron chi connectivity index (χ2n) is 4.23. The van der Waals surface area contributed by atoms with Crippen molar-refractivity contribution in [1.82, 2.24) is 9.55 Å². The van der Waals surface area contributed by atoms with Crippen molar-refractivity contribution in [3.8, 4) is 0 Å². The number of aliphatic hydroxyl groups excluding tert-OH is 1. The van der Waals surface area contributed by atoms with Gasteiger partial charge in [0.1, 0.15) is 12.1 Å². The van der Waals surface area contributed by atoms with Crippen molar-refractivity contribution in [2.24, 2.45) is 5.92 Å². The topological polar surface area (TPSA) is 84.3 Å². The van der Waals surface area contributed by atoms with Crippen molar-refractivity contribution in [2.75, 3.05) is 6.61 Å². The van der Waals surface area contributed by atoms with Crippen LogP contribution in [0.2, 0.25) is 0 Å². The van der Waals surface area contributed by atoms with Crippen molar-refractivity contribution in [3.05, 3.63) is 33.1 Å². The molecule has 1 aromatic rings. The van der Waals surface area contributed by atoms with Gasteiger partial charge in [-0.2, -0.15) is 13.2 Å². The molecule has 0 radical (unpaired) electrons. The van der Waals surface area contributed by atoms with Gasteiger partial charge in [-0.3, -0.25) is 14.3 Å². The van der Waals surface area contributed by atoms with E-state index in [9.17, 15) is 22.8 Å². The van der Waals surface area contributed by atoms with Gasteiger partial charge in [0.2, 0.25) is 0 Å². The van der Waals surface area contributed by atoms with Gasteiger partial charge in [-0.25, -0.2) is 4.79 Å². The first-order valence-electron chi connectivity index (χ1n) is 5.47. The third-order valence-electron chi connectivity index (χ3n) is 2.94. The predicted molar refractivity (Wildman–Crippen MR) is 56.5 cm³/mol. The van der Waals surface area contributed by atoms with E-state index in [1.807, 2.05) is 4.98 Å². The lowest BCUT2D eigenvalue weighted by atomic mass is 10.0. The molecular formula is C10H11F3N2O4. The quantitative estimate of drug-likeness (QED) is 0.798. The van der Waals surface area contributed by atoms with Gasteiger partial charge in [-0.15, -0.1) is 0 Å². The summed E-state index contributed by atoms with van der Waals surface area (Å²) >= 11 is 0. The molecule has 1 aliphatic heterocycles. The Hall–Kier alpha value is -1.61. The van der Waals surface area contributed by atoms with Crippen LogP contribution in [0.1, 0.15) is 12.6 Å². The maximum absolute atomic E-state index is 12.9. The smallest absolute Gasteiger partial charge is 0.394 e. The molecule has 1 fully saturated rings. The Morgan fingerprint density at radius 2 is 2.16 bits per heavy atom. The number of aromatic nitrogens is 2. The van der Waals surface area contributed by atoms with E-state index in [0.717, 1.165) is 12.3 Å². The zero-order valence-electron chi connectivity index (χ0n) is 9.55. The van der Waals surface area contributed by atoms with Gasteiger partial charge in [0.15, 0.2) is 0 Å². The van der Waals surface area contributed by atoms with E-state index in [1.165, 1.54) is 0 Å². The summed E-state index contributed by atoms with van der Waals surface area (Å²) in [5.74, 6) is -1.91. The van der Waals surface area contributed by atoms with Crippen LogP contribution in [0.3, 0.4) is 0 Å². The lowest BCUT2D eigenvalue weighted by Gasteiger charge is -2.22.